The number of fused-ring (bicyclic) bond motifs is 2. The van der Waals surface area contributed by atoms with Crippen molar-refractivity contribution in [1.82, 2.24) is 10.2 Å². The van der Waals surface area contributed by atoms with Crippen LogP contribution in [0.2, 0.25) is 0 Å². The Hall–Kier alpha value is -3.66. The van der Waals surface area contributed by atoms with Crippen LogP contribution in [0.25, 0.3) is 10.4 Å². The monoisotopic (exact) mass is 499 g/mol. The molecule has 0 spiro atoms. The summed E-state index contributed by atoms with van der Waals surface area (Å²) in [6, 6.07) is 12.0. The molecule has 6 nitrogen and oxygen atoms in total. The lowest BCUT2D eigenvalue weighted by molar-refractivity contribution is -0.137. The number of amides is 3. The van der Waals surface area contributed by atoms with Gasteiger partial charge in [-0.15, -0.1) is 11.3 Å². The Morgan fingerprint density at radius 2 is 1.86 bits per heavy atom. The van der Waals surface area contributed by atoms with Crippen molar-refractivity contribution in [3.63, 3.8) is 0 Å². The van der Waals surface area contributed by atoms with E-state index in [1.807, 2.05) is 23.6 Å². The van der Waals surface area contributed by atoms with Crippen LogP contribution in [0.15, 0.2) is 60.0 Å². The minimum absolute atomic E-state index is 0.0929. The second-order valence-corrected chi connectivity index (χ2v) is 9.46. The number of hydrogen-bond acceptors (Lipinski definition) is 4. The average Bonchev–Trinajstić information content (AvgIpc) is 3.35. The van der Waals surface area contributed by atoms with Crippen LogP contribution in [-0.2, 0) is 11.0 Å². The molecule has 0 aliphatic carbocycles. The predicted octanol–water partition coefficient (Wildman–Crippen LogP) is 4.79. The molecule has 2 aliphatic heterocycles. The van der Waals surface area contributed by atoms with Crippen LogP contribution in [0.4, 0.5) is 18.9 Å². The topological polar surface area (TPSA) is 78.5 Å². The van der Waals surface area contributed by atoms with Gasteiger partial charge in [0.25, 0.3) is 11.8 Å². The van der Waals surface area contributed by atoms with E-state index in [1.165, 1.54) is 4.90 Å². The number of benzene rings is 2. The number of halogens is 3. The van der Waals surface area contributed by atoms with E-state index in [0.717, 1.165) is 34.7 Å². The fourth-order valence-electron chi connectivity index (χ4n) is 4.46. The van der Waals surface area contributed by atoms with Gasteiger partial charge in [-0.25, -0.2) is 0 Å². The van der Waals surface area contributed by atoms with Gasteiger partial charge in [0.15, 0.2) is 0 Å². The molecule has 2 atom stereocenters. The lowest BCUT2D eigenvalue weighted by Gasteiger charge is -2.37. The van der Waals surface area contributed by atoms with E-state index in [9.17, 15) is 27.6 Å². The van der Waals surface area contributed by atoms with Crippen molar-refractivity contribution in [2.45, 2.75) is 31.1 Å². The number of rotatable bonds is 3. The third-order valence-electron chi connectivity index (χ3n) is 6.29. The van der Waals surface area contributed by atoms with Crippen molar-refractivity contribution >= 4 is 34.7 Å². The summed E-state index contributed by atoms with van der Waals surface area (Å²) in [4.78, 5) is 41.5. The summed E-state index contributed by atoms with van der Waals surface area (Å²) in [6.07, 6.45) is -3.86. The first-order valence-electron chi connectivity index (χ1n) is 11.0. The standard InChI is InChI=1S/C25H20F3N3O3S/c26-25(27,28)16-6-3-14(4-7-16)22(32)29-17-9-10-31-20(13-17)23(33)30-19-8-5-15(12-18(19)24(31)34)21-2-1-11-35-21/h1-8,11-12,17,20H,9-10,13H2,(H,29,32)(H,30,33)/t17-,20-/m0/s1. The van der Waals surface area contributed by atoms with E-state index in [-0.39, 0.29) is 30.3 Å². The second kappa shape index (κ2) is 8.84. The van der Waals surface area contributed by atoms with Crippen molar-refractivity contribution in [2.75, 3.05) is 11.9 Å². The molecular weight excluding hydrogens is 479 g/mol. The van der Waals surface area contributed by atoms with Crippen LogP contribution < -0.4 is 10.6 Å². The zero-order valence-electron chi connectivity index (χ0n) is 18.3. The van der Waals surface area contributed by atoms with Crippen molar-refractivity contribution in [3.05, 3.63) is 76.7 Å². The molecule has 180 valence electrons. The van der Waals surface area contributed by atoms with Gasteiger partial charge in [0.05, 0.1) is 16.8 Å². The SMILES string of the molecule is O=C(N[C@H]1CCN2C(=O)c3cc(-c4cccs4)ccc3NC(=O)[C@@H]2C1)c1ccc(C(F)(F)F)cc1. The summed E-state index contributed by atoms with van der Waals surface area (Å²) in [5.74, 6) is -1.12. The maximum absolute atomic E-state index is 13.4. The third kappa shape index (κ3) is 4.53. The van der Waals surface area contributed by atoms with E-state index in [0.29, 0.717) is 17.7 Å². The van der Waals surface area contributed by atoms with Crippen LogP contribution in [0, 0.1) is 0 Å². The van der Waals surface area contributed by atoms with Gasteiger partial charge in [-0.05, 0) is 66.2 Å². The van der Waals surface area contributed by atoms with Crippen LogP contribution in [0.3, 0.4) is 0 Å². The third-order valence-corrected chi connectivity index (χ3v) is 7.21. The van der Waals surface area contributed by atoms with Crippen molar-refractivity contribution in [2.24, 2.45) is 0 Å². The minimum atomic E-state index is -4.48. The molecule has 0 bridgehead atoms. The van der Waals surface area contributed by atoms with Gasteiger partial charge in [-0.2, -0.15) is 13.2 Å². The summed E-state index contributed by atoms with van der Waals surface area (Å²) in [5, 5.41) is 7.58. The number of nitrogens with one attached hydrogen (secondary N) is 2. The number of carbonyl (C=O) groups is 3. The molecule has 0 saturated carbocycles. The van der Waals surface area contributed by atoms with E-state index in [2.05, 4.69) is 10.6 Å². The van der Waals surface area contributed by atoms with Crippen molar-refractivity contribution < 1.29 is 27.6 Å². The Morgan fingerprint density at radius 3 is 2.54 bits per heavy atom. The van der Waals surface area contributed by atoms with Gasteiger partial charge in [0.1, 0.15) is 6.04 Å². The average molecular weight is 500 g/mol. The molecule has 2 aromatic carbocycles. The number of alkyl halides is 3. The molecule has 3 aromatic rings. The lowest BCUT2D eigenvalue weighted by atomic mass is 9.95. The largest absolute Gasteiger partial charge is 0.416 e. The molecule has 5 rings (SSSR count). The Balaban J connectivity index is 1.31. The molecule has 1 aromatic heterocycles. The molecule has 1 fully saturated rings. The smallest absolute Gasteiger partial charge is 0.349 e. The number of nitrogens with zero attached hydrogens (tertiary/aromatic N) is 1. The zero-order valence-corrected chi connectivity index (χ0v) is 19.1. The van der Waals surface area contributed by atoms with E-state index < -0.39 is 29.7 Å². The van der Waals surface area contributed by atoms with Gasteiger partial charge in [0.2, 0.25) is 5.91 Å². The zero-order chi connectivity index (χ0) is 24.7. The van der Waals surface area contributed by atoms with E-state index in [4.69, 9.17) is 0 Å². The first kappa shape index (κ1) is 23.1. The van der Waals surface area contributed by atoms with Gasteiger partial charge in [0, 0.05) is 23.0 Å². The van der Waals surface area contributed by atoms with E-state index >= 15 is 0 Å². The fourth-order valence-corrected chi connectivity index (χ4v) is 5.19. The molecular formula is C25H20F3N3O3S. The maximum Gasteiger partial charge on any atom is 0.416 e. The van der Waals surface area contributed by atoms with Crippen LogP contribution >= 0.6 is 11.3 Å². The molecule has 3 amide bonds. The highest BCUT2D eigenvalue weighted by Gasteiger charge is 2.40. The molecule has 2 aliphatic rings. The number of anilines is 1. The van der Waals surface area contributed by atoms with Gasteiger partial charge >= 0.3 is 6.18 Å². The fraction of sp³-hybridized carbons (Fsp3) is 0.240. The van der Waals surface area contributed by atoms with Crippen LogP contribution in [-0.4, -0.2) is 41.2 Å². The highest BCUT2D eigenvalue weighted by molar-refractivity contribution is 7.13. The molecule has 0 radical (unpaired) electrons. The van der Waals surface area contributed by atoms with Crippen molar-refractivity contribution in [3.8, 4) is 10.4 Å². The Kier molecular flexibility index (Phi) is 5.84. The summed E-state index contributed by atoms with van der Waals surface area (Å²) < 4.78 is 38.3. The summed E-state index contributed by atoms with van der Waals surface area (Å²) in [7, 11) is 0. The summed E-state index contributed by atoms with van der Waals surface area (Å²) >= 11 is 1.55. The lowest BCUT2D eigenvalue weighted by Crippen LogP contribution is -2.55. The summed E-state index contributed by atoms with van der Waals surface area (Å²) in [6.45, 7) is 0.261. The molecule has 10 heteroatoms. The van der Waals surface area contributed by atoms with Crippen molar-refractivity contribution in [1.29, 1.82) is 0 Å². The van der Waals surface area contributed by atoms with E-state index in [1.54, 1.807) is 23.5 Å². The first-order chi connectivity index (χ1) is 16.7. The number of carbonyl (C=O) groups excluding carboxylic acids is 3. The normalized spacial score (nSPS) is 19.9. The number of thiophene rings is 1. The van der Waals surface area contributed by atoms with Gasteiger partial charge in [-0.3, -0.25) is 14.4 Å². The van der Waals surface area contributed by atoms with Crippen LogP contribution in [0.1, 0.15) is 39.1 Å². The molecule has 2 N–H and O–H groups in total. The quantitative estimate of drug-likeness (QED) is 0.544. The minimum Gasteiger partial charge on any atom is -0.349 e. The molecule has 1 saturated heterocycles. The second-order valence-electron chi connectivity index (χ2n) is 8.51. The number of piperidine rings is 1. The Bertz CT molecular complexity index is 1290. The first-order valence-corrected chi connectivity index (χ1v) is 11.9. The van der Waals surface area contributed by atoms with Gasteiger partial charge < -0.3 is 15.5 Å². The highest BCUT2D eigenvalue weighted by atomic mass is 32.1. The maximum atomic E-state index is 13.4. The summed E-state index contributed by atoms with van der Waals surface area (Å²) in [5.41, 5.74) is 1.01. The predicted molar refractivity (Wildman–Crippen MR) is 125 cm³/mol. The molecule has 0 unspecified atom stereocenters. The molecule has 3 heterocycles. The van der Waals surface area contributed by atoms with Crippen LogP contribution in [0.5, 0.6) is 0 Å². The highest BCUT2D eigenvalue weighted by Crippen LogP contribution is 2.33. The van der Waals surface area contributed by atoms with Gasteiger partial charge in [-0.1, -0.05) is 12.1 Å². The number of hydrogen-bond donors (Lipinski definition) is 2. The molecule has 35 heavy (non-hydrogen) atoms. The Morgan fingerprint density at radius 1 is 1.09 bits per heavy atom. The Labute approximate surface area is 202 Å².